The first-order valence-corrected chi connectivity index (χ1v) is 7.37. The molecule has 0 spiro atoms. The van der Waals surface area contributed by atoms with E-state index in [2.05, 4.69) is 4.72 Å². The highest BCUT2D eigenvalue weighted by atomic mass is 32.2. The number of nitrogens with one attached hydrogen (secondary N) is 1. The fourth-order valence-electron chi connectivity index (χ4n) is 2.01. The number of hydrogen-bond acceptors (Lipinski definition) is 4. The molecule has 1 N–H and O–H groups in total. The van der Waals surface area contributed by atoms with E-state index < -0.39 is 15.1 Å². The molecule has 0 saturated carbocycles. The van der Waals surface area contributed by atoms with Crippen LogP contribution in [0.5, 0.6) is 0 Å². The standard InChI is InChI=1S/C11H15N3O4S/c1-9-4-5-10(8-11(9)14(15)16)12-19(17,18)13-6-2-3-7-13/h4-5,8,12H,2-3,6-7H2,1H3. The van der Waals surface area contributed by atoms with Crippen LogP contribution in [0.3, 0.4) is 0 Å². The Balaban J connectivity index is 2.23. The molecule has 0 aromatic heterocycles. The Labute approximate surface area is 111 Å². The molecule has 1 saturated heterocycles. The normalized spacial score (nSPS) is 16.5. The minimum absolute atomic E-state index is 0.0957. The first-order chi connectivity index (χ1) is 8.90. The molecular weight excluding hydrogens is 270 g/mol. The van der Waals surface area contributed by atoms with Gasteiger partial charge in [-0.2, -0.15) is 12.7 Å². The van der Waals surface area contributed by atoms with Gasteiger partial charge in [0.2, 0.25) is 0 Å². The first kappa shape index (κ1) is 13.8. The van der Waals surface area contributed by atoms with E-state index in [0.29, 0.717) is 18.7 Å². The predicted octanol–water partition coefficient (Wildman–Crippen LogP) is 1.66. The number of rotatable bonds is 4. The molecule has 104 valence electrons. The van der Waals surface area contributed by atoms with Crippen LogP contribution in [0.2, 0.25) is 0 Å². The highest BCUT2D eigenvalue weighted by molar-refractivity contribution is 7.90. The number of anilines is 1. The van der Waals surface area contributed by atoms with Gasteiger partial charge < -0.3 is 0 Å². The average molecular weight is 285 g/mol. The van der Waals surface area contributed by atoms with Crippen molar-refractivity contribution in [3.05, 3.63) is 33.9 Å². The van der Waals surface area contributed by atoms with Gasteiger partial charge in [-0.25, -0.2) is 0 Å². The number of hydrogen-bond donors (Lipinski definition) is 1. The molecule has 1 aliphatic rings. The van der Waals surface area contributed by atoms with Crippen LogP contribution in [0.1, 0.15) is 18.4 Å². The van der Waals surface area contributed by atoms with E-state index in [-0.39, 0.29) is 11.4 Å². The third kappa shape index (κ3) is 3.02. The Hall–Kier alpha value is -1.67. The molecule has 2 rings (SSSR count). The highest BCUT2D eigenvalue weighted by Gasteiger charge is 2.25. The quantitative estimate of drug-likeness (QED) is 0.672. The molecular formula is C11H15N3O4S. The Kier molecular flexibility index (Phi) is 3.72. The zero-order valence-electron chi connectivity index (χ0n) is 10.5. The van der Waals surface area contributed by atoms with E-state index in [1.54, 1.807) is 6.92 Å². The lowest BCUT2D eigenvalue weighted by molar-refractivity contribution is -0.385. The molecule has 0 aliphatic carbocycles. The summed E-state index contributed by atoms with van der Waals surface area (Å²) in [6.45, 7) is 2.59. The Bertz CT molecular complexity index is 594. The molecule has 1 aromatic rings. The third-order valence-electron chi connectivity index (χ3n) is 3.06. The van der Waals surface area contributed by atoms with E-state index in [4.69, 9.17) is 0 Å². The van der Waals surface area contributed by atoms with E-state index in [9.17, 15) is 18.5 Å². The smallest absolute Gasteiger partial charge is 0.271 e. The van der Waals surface area contributed by atoms with Crippen LogP contribution in [0, 0.1) is 17.0 Å². The molecule has 0 unspecified atom stereocenters. The van der Waals surface area contributed by atoms with Crippen molar-refractivity contribution >= 4 is 21.6 Å². The lowest BCUT2D eigenvalue weighted by Gasteiger charge is -2.16. The zero-order chi connectivity index (χ0) is 14.0. The van der Waals surface area contributed by atoms with E-state index in [0.717, 1.165) is 12.8 Å². The van der Waals surface area contributed by atoms with Gasteiger partial charge in [0.1, 0.15) is 0 Å². The second kappa shape index (κ2) is 5.14. The van der Waals surface area contributed by atoms with Crippen LogP contribution >= 0.6 is 0 Å². The van der Waals surface area contributed by atoms with Gasteiger partial charge in [-0.05, 0) is 25.8 Å². The topological polar surface area (TPSA) is 92.6 Å². The third-order valence-corrected chi connectivity index (χ3v) is 4.60. The summed E-state index contributed by atoms with van der Waals surface area (Å²) in [6.07, 6.45) is 1.68. The molecule has 0 amide bonds. The maximum Gasteiger partial charge on any atom is 0.301 e. The number of nitro groups is 1. The monoisotopic (exact) mass is 285 g/mol. The molecule has 1 aliphatic heterocycles. The van der Waals surface area contributed by atoms with Gasteiger partial charge >= 0.3 is 10.2 Å². The Morgan fingerprint density at radius 1 is 1.32 bits per heavy atom. The minimum atomic E-state index is -3.61. The van der Waals surface area contributed by atoms with Gasteiger partial charge in [0.05, 0.1) is 10.6 Å². The average Bonchev–Trinajstić information content (AvgIpc) is 2.85. The SMILES string of the molecule is Cc1ccc(NS(=O)(=O)N2CCCC2)cc1[N+](=O)[O-]. The summed E-state index contributed by atoms with van der Waals surface area (Å²) < 4.78 is 27.7. The zero-order valence-corrected chi connectivity index (χ0v) is 11.3. The van der Waals surface area contributed by atoms with Crippen molar-refractivity contribution in [2.24, 2.45) is 0 Å². The highest BCUT2D eigenvalue weighted by Crippen LogP contribution is 2.24. The lowest BCUT2D eigenvalue weighted by atomic mass is 10.2. The van der Waals surface area contributed by atoms with Crippen molar-refractivity contribution in [3.63, 3.8) is 0 Å². The molecule has 7 nitrogen and oxygen atoms in total. The van der Waals surface area contributed by atoms with Crippen molar-refractivity contribution < 1.29 is 13.3 Å². The van der Waals surface area contributed by atoms with Crippen molar-refractivity contribution in [1.82, 2.24) is 4.31 Å². The molecule has 19 heavy (non-hydrogen) atoms. The van der Waals surface area contributed by atoms with E-state index in [1.807, 2.05) is 0 Å². The summed E-state index contributed by atoms with van der Waals surface area (Å²) >= 11 is 0. The molecule has 0 radical (unpaired) electrons. The fraction of sp³-hybridized carbons (Fsp3) is 0.455. The Morgan fingerprint density at radius 3 is 2.53 bits per heavy atom. The minimum Gasteiger partial charge on any atom is -0.271 e. The van der Waals surface area contributed by atoms with Crippen LogP contribution in [0.25, 0.3) is 0 Å². The van der Waals surface area contributed by atoms with E-state index >= 15 is 0 Å². The van der Waals surface area contributed by atoms with Gasteiger partial charge in [-0.1, -0.05) is 6.07 Å². The van der Waals surface area contributed by atoms with Crippen LogP contribution in [-0.4, -0.2) is 30.7 Å². The summed E-state index contributed by atoms with van der Waals surface area (Å²) in [5.74, 6) is 0. The largest absolute Gasteiger partial charge is 0.301 e. The second-order valence-corrected chi connectivity index (χ2v) is 6.14. The summed E-state index contributed by atoms with van der Waals surface area (Å²) in [5.41, 5.74) is 0.611. The number of nitrogens with zero attached hydrogens (tertiary/aromatic N) is 2. The van der Waals surface area contributed by atoms with Gasteiger partial charge in [0.15, 0.2) is 0 Å². The number of aryl methyl sites for hydroxylation is 1. The van der Waals surface area contributed by atoms with Crippen molar-refractivity contribution in [1.29, 1.82) is 0 Å². The van der Waals surface area contributed by atoms with Gasteiger partial charge in [-0.15, -0.1) is 0 Å². The Morgan fingerprint density at radius 2 is 1.95 bits per heavy atom. The van der Waals surface area contributed by atoms with Crippen molar-refractivity contribution in [3.8, 4) is 0 Å². The van der Waals surface area contributed by atoms with Crippen LogP contribution in [0.4, 0.5) is 11.4 Å². The number of nitro benzene ring substituents is 1. The second-order valence-electron chi connectivity index (χ2n) is 4.47. The van der Waals surface area contributed by atoms with Gasteiger partial charge in [-0.3, -0.25) is 14.8 Å². The van der Waals surface area contributed by atoms with Gasteiger partial charge in [0, 0.05) is 24.7 Å². The summed E-state index contributed by atoms with van der Waals surface area (Å²) in [6, 6.07) is 4.29. The summed E-state index contributed by atoms with van der Waals surface area (Å²) in [4.78, 5) is 10.3. The summed E-state index contributed by atoms with van der Waals surface area (Å²) in [5, 5.41) is 10.8. The maximum atomic E-state index is 12.0. The summed E-state index contributed by atoms with van der Waals surface area (Å²) in [7, 11) is -3.61. The van der Waals surface area contributed by atoms with Crippen LogP contribution in [0.15, 0.2) is 18.2 Å². The maximum absolute atomic E-state index is 12.0. The molecule has 1 aromatic carbocycles. The first-order valence-electron chi connectivity index (χ1n) is 5.93. The van der Waals surface area contributed by atoms with Crippen LogP contribution < -0.4 is 4.72 Å². The fourth-order valence-corrected chi connectivity index (χ4v) is 3.30. The molecule has 8 heteroatoms. The lowest BCUT2D eigenvalue weighted by Crippen LogP contribution is -2.33. The van der Waals surface area contributed by atoms with Crippen LogP contribution in [-0.2, 0) is 10.2 Å². The molecule has 1 fully saturated rings. The van der Waals surface area contributed by atoms with E-state index in [1.165, 1.54) is 22.5 Å². The molecule has 1 heterocycles. The predicted molar refractivity (Wildman–Crippen MR) is 71.2 cm³/mol. The van der Waals surface area contributed by atoms with Crippen molar-refractivity contribution in [2.45, 2.75) is 19.8 Å². The number of benzene rings is 1. The van der Waals surface area contributed by atoms with Crippen molar-refractivity contribution in [2.75, 3.05) is 17.8 Å². The molecule has 0 bridgehead atoms. The molecule has 0 atom stereocenters. The van der Waals surface area contributed by atoms with Gasteiger partial charge in [0.25, 0.3) is 5.69 Å².